The van der Waals surface area contributed by atoms with Crippen LogP contribution in [-0.4, -0.2) is 16.7 Å². The largest absolute Gasteiger partial charge is 0.497 e. The van der Waals surface area contributed by atoms with Gasteiger partial charge in [0.1, 0.15) is 11.6 Å². The quantitative estimate of drug-likeness (QED) is 0.286. The molecule has 0 bridgehead atoms. The van der Waals surface area contributed by atoms with Gasteiger partial charge in [-0.1, -0.05) is 24.3 Å². The number of benzene rings is 3. The molecule has 0 fully saturated rings. The molecular weight excluding hydrogens is 458 g/mol. The first-order chi connectivity index (χ1) is 16.0. The molecule has 3 nitrogen and oxygen atoms in total. The summed E-state index contributed by atoms with van der Waals surface area (Å²) in [6.07, 6.45) is -8.95. The Kier molecular flexibility index (Phi) is 5.89. The Morgan fingerprint density at radius 1 is 0.647 bits per heavy atom. The lowest BCUT2D eigenvalue weighted by atomic mass is 10.0. The monoisotopic (exact) mass is 476 g/mol. The number of alkyl halides is 6. The fourth-order valence-electron chi connectivity index (χ4n) is 3.66. The number of rotatable bonds is 4. The van der Waals surface area contributed by atoms with E-state index in [0.717, 1.165) is 24.3 Å². The van der Waals surface area contributed by atoms with Gasteiger partial charge in [-0.3, -0.25) is 0 Å². The molecule has 0 amide bonds. The van der Waals surface area contributed by atoms with Crippen LogP contribution in [0.15, 0.2) is 72.8 Å². The van der Waals surface area contributed by atoms with Gasteiger partial charge in [0.25, 0.3) is 0 Å². The van der Waals surface area contributed by atoms with Crippen LogP contribution >= 0.6 is 0 Å². The van der Waals surface area contributed by atoms with Crippen molar-refractivity contribution >= 4 is 0 Å². The maximum Gasteiger partial charge on any atom is 0.416 e. The number of aromatic nitrogens is 2. The fourth-order valence-corrected chi connectivity index (χ4v) is 3.66. The van der Waals surface area contributed by atoms with E-state index in [2.05, 4.69) is 4.98 Å². The molecule has 4 aromatic rings. The number of imidazole rings is 1. The summed E-state index contributed by atoms with van der Waals surface area (Å²) in [5.41, 5.74) is 0.999. The van der Waals surface area contributed by atoms with Crippen LogP contribution in [0.3, 0.4) is 0 Å². The Hall–Kier alpha value is -3.75. The summed E-state index contributed by atoms with van der Waals surface area (Å²) in [5.74, 6) is 0.986. The lowest BCUT2D eigenvalue weighted by molar-refractivity contribution is -0.138. The molecule has 9 heteroatoms. The molecule has 3 aromatic carbocycles. The molecule has 1 heterocycles. The highest BCUT2D eigenvalue weighted by Gasteiger charge is 2.31. The van der Waals surface area contributed by atoms with E-state index in [4.69, 9.17) is 4.74 Å². The number of ether oxygens (including phenoxy) is 1. The van der Waals surface area contributed by atoms with Gasteiger partial charge in [-0.15, -0.1) is 0 Å². The highest BCUT2D eigenvalue weighted by molar-refractivity contribution is 5.82. The van der Waals surface area contributed by atoms with Crippen LogP contribution < -0.4 is 4.74 Å². The lowest BCUT2D eigenvalue weighted by Crippen LogP contribution is -2.04. The predicted octanol–water partition coefficient (Wildman–Crippen LogP) is 7.47. The van der Waals surface area contributed by atoms with Crippen molar-refractivity contribution in [3.63, 3.8) is 0 Å². The molecule has 0 atom stereocenters. The predicted molar refractivity (Wildman–Crippen MR) is 116 cm³/mol. The van der Waals surface area contributed by atoms with Crippen molar-refractivity contribution in [2.75, 3.05) is 7.11 Å². The molecule has 0 unspecified atom stereocenters. The minimum absolute atomic E-state index is 0.370. The molecular formula is C25H18F6N2O. The molecule has 0 spiro atoms. The Balaban J connectivity index is 1.87. The highest BCUT2D eigenvalue weighted by Crippen LogP contribution is 2.38. The van der Waals surface area contributed by atoms with E-state index >= 15 is 0 Å². The molecule has 0 aliphatic rings. The van der Waals surface area contributed by atoms with Gasteiger partial charge in [-0.05, 0) is 48.5 Å². The molecule has 176 valence electrons. The van der Waals surface area contributed by atoms with E-state index in [1.165, 1.54) is 31.4 Å². The van der Waals surface area contributed by atoms with Crippen LogP contribution in [0.1, 0.15) is 11.1 Å². The van der Waals surface area contributed by atoms with Crippen LogP contribution in [0.25, 0.3) is 33.9 Å². The maximum atomic E-state index is 13.0. The van der Waals surface area contributed by atoms with Crippen LogP contribution in [0.4, 0.5) is 26.3 Å². The molecule has 1 aromatic heterocycles. The zero-order chi connectivity index (χ0) is 24.7. The van der Waals surface area contributed by atoms with E-state index in [1.807, 2.05) is 0 Å². The Morgan fingerprint density at radius 2 is 1.09 bits per heavy atom. The van der Waals surface area contributed by atoms with Crippen LogP contribution in [0, 0.1) is 0 Å². The van der Waals surface area contributed by atoms with Gasteiger partial charge in [0, 0.05) is 23.7 Å². The van der Waals surface area contributed by atoms with Crippen molar-refractivity contribution in [3.8, 4) is 39.7 Å². The number of nitrogens with zero attached hydrogens (tertiary/aromatic N) is 2. The number of halogens is 6. The van der Waals surface area contributed by atoms with E-state index in [9.17, 15) is 26.3 Å². The lowest BCUT2D eigenvalue weighted by Gasteiger charge is -2.11. The zero-order valence-electron chi connectivity index (χ0n) is 18.0. The van der Waals surface area contributed by atoms with Gasteiger partial charge in [0.05, 0.1) is 29.6 Å². The second-order valence-electron chi connectivity index (χ2n) is 7.57. The third kappa shape index (κ3) is 4.50. The van der Waals surface area contributed by atoms with Crippen LogP contribution in [0.5, 0.6) is 5.75 Å². The average molecular weight is 476 g/mol. The molecule has 0 N–H and O–H groups in total. The smallest absolute Gasteiger partial charge is 0.416 e. The Labute approximate surface area is 191 Å². The van der Waals surface area contributed by atoms with E-state index in [0.29, 0.717) is 39.7 Å². The Morgan fingerprint density at radius 3 is 1.53 bits per heavy atom. The van der Waals surface area contributed by atoms with Gasteiger partial charge in [0.15, 0.2) is 0 Å². The van der Waals surface area contributed by atoms with Crippen molar-refractivity contribution in [1.29, 1.82) is 0 Å². The minimum Gasteiger partial charge on any atom is -0.497 e. The van der Waals surface area contributed by atoms with Crippen LogP contribution in [-0.2, 0) is 19.4 Å². The van der Waals surface area contributed by atoms with Gasteiger partial charge in [0.2, 0.25) is 0 Å². The third-order valence-electron chi connectivity index (χ3n) is 5.41. The molecule has 4 rings (SSSR count). The Bertz CT molecular complexity index is 1290. The number of methoxy groups -OCH3 is 1. The molecule has 0 aliphatic heterocycles. The summed E-state index contributed by atoms with van der Waals surface area (Å²) < 4.78 is 84.9. The first-order valence-corrected chi connectivity index (χ1v) is 10.1. The highest BCUT2D eigenvalue weighted by atomic mass is 19.4. The fraction of sp³-hybridized carbons (Fsp3) is 0.160. The van der Waals surface area contributed by atoms with Gasteiger partial charge in [-0.2, -0.15) is 26.3 Å². The SMILES string of the molecule is COc1ccc(-c2c(-c3ccc(C(F)(F)F)cc3)nc(-c3ccc(C(F)(F)F)cc3)n2C)cc1. The van der Waals surface area contributed by atoms with E-state index < -0.39 is 23.5 Å². The van der Waals surface area contributed by atoms with Crippen LogP contribution in [0.2, 0.25) is 0 Å². The molecule has 0 saturated carbocycles. The molecule has 0 aliphatic carbocycles. The van der Waals surface area contributed by atoms with E-state index in [1.54, 1.807) is 35.9 Å². The van der Waals surface area contributed by atoms with Crippen molar-refractivity contribution in [2.24, 2.45) is 7.05 Å². The standard InChI is InChI=1S/C25H18F6N2O/c1-33-22(16-7-13-20(34-2)14-8-16)21(15-3-9-18(10-4-15)24(26,27)28)32-23(33)17-5-11-19(12-6-17)25(29,30)31/h3-14H,1-2H3. The minimum atomic E-state index is -4.48. The molecule has 0 radical (unpaired) electrons. The summed E-state index contributed by atoms with van der Waals surface area (Å²) in [4.78, 5) is 4.62. The van der Waals surface area contributed by atoms with Gasteiger partial charge < -0.3 is 9.30 Å². The first-order valence-electron chi connectivity index (χ1n) is 10.1. The first kappa shape index (κ1) is 23.4. The maximum absolute atomic E-state index is 13.0. The second-order valence-corrected chi connectivity index (χ2v) is 7.57. The van der Waals surface area contributed by atoms with E-state index in [-0.39, 0.29) is 0 Å². The molecule has 34 heavy (non-hydrogen) atoms. The summed E-state index contributed by atoms with van der Waals surface area (Å²) in [6.45, 7) is 0. The third-order valence-corrected chi connectivity index (χ3v) is 5.41. The van der Waals surface area contributed by atoms with Crippen molar-refractivity contribution in [3.05, 3.63) is 83.9 Å². The number of hydrogen-bond acceptors (Lipinski definition) is 2. The van der Waals surface area contributed by atoms with Crippen molar-refractivity contribution < 1.29 is 31.1 Å². The summed E-state index contributed by atoms with van der Waals surface area (Å²) >= 11 is 0. The van der Waals surface area contributed by atoms with Crippen molar-refractivity contribution in [2.45, 2.75) is 12.4 Å². The van der Waals surface area contributed by atoms with Gasteiger partial charge >= 0.3 is 12.4 Å². The summed E-state index contributed by atoms with van der Waals surface area (Å²) in [7, 11) is 3.22. The second kappa shape index (κ2) is 8.55. The summed E-state index contributed by atoms with van der Waals surface area (Å²) in [6, 6.07) is 16.2. The zero-order valence-corrected chi connectivity index (χ0v) is 18.0. The topological polar surface area (TPSA) is 27.1 Å². The normalized spacial score (nSPS) is 12.1. The average Bonchev–Trinajstić information content (AvgIpc) is 3.15. The van der Waals surface area contributed by atoms with Gasteiger partial charge in [-0.25, -0.2) is 4.98 Å². The summed E-state index contributed by atoms with van der Waals surface area (Å²) in [5, 5.41) is 0. The molecule has 0 saturated heterocycles. The van der Waals surface area contributed by atoms with Crippen molar-refractivity contribution in [1.82, 2.24) is 9.55 Å². The number of hydrogen-bond donors (Lipinski definition) is 0.